The van der Waals surface area contributed by atoms with Crippen molar-refractivity contribution < 1.29 is 4.79 Å². The number of imidazole rings is 1. The van der Waals surface area contributed by atoms with E-state index in [1.807, 2.05) is 0 Å². The van der Waals surface area contributed by atoms with Crippen molar-refractivity contribution in [2.75, 3.05) is 11.9 Å². The Hall–Kier alpha value is -2.08. The van der Waals surface area contributed by atoms with Crippen LogP contribution in [0, 0.1) is 0 Å². The van der Waals surface area contributed by atoms with E-state index in [1.165, 1.54) is 0 Å². The number of nitrogens with two attached hydrogens (primary N) is 1. The lowest BCUT2D eigenvalue weighted by Crippen LogP contribution is -2.11. The number of carbonyl (C=O) groups is 1. The Balaban J connectivity index is 1.93. The number of anilines is 1. The van der Waals surface area contributed by atoms with E-state index in [4.69, 9.17) is 5.73 Å². The van der Waals surface area contributed by atoms with Crippen LogP contribution in [0.3, 0.4) is 0 Å². The van der Waals surface area contributed by atoms with Crippen molar-refractivity contribution in [2.45, 2.75) is 25.7 Å². The fraction of sp³-hybridized carbons (Fsp3) is 0.385. The first kappa shape index (κ1) is 13.4. The van der Waals surface area contributed by atoms with Crippen LogP contribution in [-0.4, -0.2) is 22.4 Å². The molecule has 1 aromatic carbocycles. The number of amides is 1. The average molecular weight is 262 g/mol. The second kappa shape index (κ2) is 6.19. The summed E-state index contributed by atoms with van der Waals surface area (Å²) in [4.78, 5) is 28.1. The van der Waals surface area contributed by atoms with Gasteiger partial charge >= 0.3 is 5.69 Å². The molecule has 1 amide bonds. The van der Waals surface area contributed by atoms with Crippen molar-refractivity contribution in [2.24, 2.45) is 5.73 Å². The van der Waals surface area contributed by atoms with E-state index >= 15 is 0 Å². The maximum Gasteiger partial charge on any atom is 0.323 e. The van der Waals surface area contributed by atoms with Gasteiger partial charge in [0.2, 0.25) is 5.91 Å². The van der Waals surface area contributed by atoms with Crippen LogP contribution in [0.1, 0.15) is 25.7 Å². The molecule has 1 heterocycles. The van der Waals surface area contributed by atoms with Crippen LogP contribution in [0.5, 0.6) is 0 Å². The molecule has 2 aromatic rings. The number of hydrogen-bond donors (Lipinski definition) is 4. The second-order valence-electron chi connectivity index (χ2n) is 4.49. The first-order valence-electron chi connectivity index (χ1n) is 6.41. The zero-order chi connectivity index (χ0) is 13.7. The highest BCUT2D eigenvalue weighted by atomic mass is 16.1. The second-order valence-corrected chi connectivity index (χ2v) is 4.49. The van der Waals surface area contributed by atoms with Crippen LogP contribution in [0.2, 0.25) is 0 Å². The standard InChI is InChI=1S/C13H18N4O2/c14-7-3-1-2-4-12(18)15-9-5-6-10-11(8-9)17-13(19)16-10/h5-6,8H,1-4,7,14H2,(H,15,18)(H2,16,17,19). The number of unbranched alkanes of at least 4 members (excludes halogenated alkanes) is 2. The number of carbonyl (C=O) groups excluding carboxylic acids is 1. The molecule has 0 aliphatic carbocycles. The number of aromatic nitrogens is 2. The zero-order valence-electron chi connectivity index (χ0n) is 10.7. The molecule has 5 N–H and O–H groups in total. The lowest BCUT2D eigenvalue weighted by Gasteiger charge is -2.05. The third kappa shape index (κ3) is 3.69. The summed E-state index contributed by atoms with van der Waals surface area (Å²) in [6.07, 6.45) is 3.24. The summed E-state index contributed by atoms with van der Waals surface area (Å²) in [6.45, 7) is 0.666. The number of aromatic amines is 2. The van der Waals surface area contributed by atoms with Gasteiger partial charge < -0.3 is 21.0 Å². The van der Waals surface area contributed by atoms with Gasteiger partial charge in [-0.2, -0.15) is 0 Å². The molecule has 6 heteroatoms. The Bertz CT molecular complexity index is 614. The minimum Gasteiger partial charge on any atom is -0.330 e. The number of fused-ring (bicyclic) bond motifs is 1. The van der Waals surface area contributed by atoms with E-state index in [0.29, 0.717) is 24.2 Å². The van der Waals surface area contributed by atoms with E-state index in [-0.39, 0.29) is 11.6 Å². The molecule has 0 spiro atoms. The zero-order valence-corrected chi connectivity index (χ0v) is 10.7. The third-order valence-electron chi connectivity index (χ3n) is 2.91. The van der Waals surface area contributed by atoms with E-state index in [2.05, 4.69) is 15.3 Å². The van der Waals surface area contributed by atoms with Crippen LogP contribution in [0.4, 0.5) is 5.69 Å². The first-order chi connectivity index (χ1) is 9.19. The number of rotatable bonds is 6. The van der Waals surface area contributed by atoms with E-state index in [9.17, 15) is 9.59 Å². The molecule has 2 rings (SSSR count). The normalized spacial score (nSPS) is 10.8. The summed E-state index contributed by atoms with van der Waals surface area (Å²) < 4.78 is 0. The summed E-state index contributed by atoms with van der Waals surface area (Å²) in [5.41, 5.74) is 7.24. The highest BCUT2D eigenvalue weighted by molar-refractivity contribution is 5.92. The van der Waals surface area contributed by atoms with Crippen molar-refractivity contribution in [1.29, 1.82) is 0 Å². The molecule has 0 atom stereocenters. The molecule has 0 radical (unpaired) electrons. The molecule has 0 unspecified atom stereocenters. The van der Waals surface area contributed by atoms with Crippen molar-refractivity contribution in [3.05, 3.63) is 28.7 Å². The largest absolute Gasteiger partial charge is 0.330 e. The molecule has 0 saturated carbocycles. The Morgan fingerprint density at radius 3 is 2.74 bits per heavy atom. The highest BCUT2D eigenvalue weighted by Crippen LogP contribution is 2.15. The lowest BCUT2D eigenvalue weighted by atomic mass is 10.2. The van der Waals surface area contributed by atoms with Gasteiger partial charge in [0.1, 0.15) is 0 Å². The SMILES string of the molecule is NCCCCCC(=O)Nc1ccc2[nH]c(=O)[nH]c2c1. The van der Waals surface area contributed by atoms with Gasteiger partial charge in [-0.25, -0.2) is 4.79 Å². The fourth-order valence-corrected chi connectivity index (χ4v) is 1.94. The maximum atomic E-state index is 11.7. The average Bonchev–Trinajstić information content (AvgIpc) is 2.74. The van der Waals surface area contributed by atoms with Crippen LogP contribution in [0.15, 0.2) is 23.0 Å². The minimum atomic E-state index is -0.250. The van der Waals surface area contributed by atoms with Crippen molar-refractivity contribution in [3.8, 4) is 0 Å². The van der Waals surface area contributed by atoms with Gasteiger partial charge in [0, 0.05) is 12.1 Å². The monoisotopic (exact) mass is 262 g/mol. The Kier molecular flexibility index (Phi) is 4.35. The van der Waals surface area contributed by atoms with Crippen LogP contribution < -0.4 is 16.7 Å². The molecule has 0 saturated heterocycles. The van der Waals surface area contributed by atoms with Crippen molar-refractivity contribution in [3.63, 3.8) is 0 Å². The summed E-state index contributed by atoms with van der Waals surface area (Å²) in [5, 5.41) is 2.81. The number of nitrogens with one attached hydrogen (secondary N) is 3. The molecule has 0 aliphatic heterocycles. The highest BCUT2D eigenvalue weighted by Gasteiger charge is 2.04. The maximum absolute atomic E-state index is 11.7. The number of H-pyrrole nitrogens is 2. The van der Waals surface area contributed by atoms with Gasteiger partial charge in [0.05, 0.1) is 11.0 Å². The minimum absolute atomic E-state index is 0.0192. The Morgan fingerprint density at radius 1 is 1.16 bits per heavy atom. The van der Waals surface area contributed by atoms with Gasteiger partial charge in [-0.15, -0.1) is 0 Å². The van der Waals surface area contributed by atoms with Gasteiger partial charge in [0.25, 0.3) is 0 Å². The third-order valence-corrected chi connectivity index (χ3v) is 2.91. The molecule has 1 aromatic heterocycles. The van der Waals surface area contributed by atoms with E-state index in [1.54, 1.807) is 18.2 Å². The predicted octanol–water partition coefficient (Wildman–Crippen LogP) is 1.31. The van der Waals surface area contributed by atoms with Crippen LogP contribution >= 0.6 is 0 Å². The van der Waals surface area contributed by atoms with Crippen molar-refractivity contribution in [1.82, 2.24) is 9.97 Å². The molecule has 19 heavy (non-hydrogen) atoms. The summed E-state index contributed by atoms with van der Waals surface area (Å²) >= 11 is 0. The lowest BCUT2D eigenvalue weighted by molar-refractivity contribution is -0.116. The van der Waals surface area contributed by atoms with E-state index in [0.717, 1.165) is 24.8 Å². The van der Waals surface area contributed by atoms with Gasteiger partial charge in [-0.1, -0.05) is 6.42 Å². The molecular formula is C13H18N4O2. The quantitative estimate of drug-likeness (QED) is 0.590. The topological polar surface area (TPSA) is 104 Å². The predicted molar refractivity (Wildman–Crippen MR) is 75.1 cm³/mol. The number of benzene rings is 1. The number of hydrogen-bond acceptors (Lipinski definition) is 3. The molecule has 0 bridgehead atoms. The van der Waals surface area contributed by atoms with E-state index < -0.39 is 0 Å². The smallest absolute Gasteiger partial charge is 0.323 e. The summed E-state index contributed by atoms with van der Waals surface area (Å²) in [7, 11) is 0. The molecule has 0 fully saturated rings. The molecule has 6 nitrogen and oxygen atoms in total. The first-order valence-corrected chi connectivity index (χ1v) is 6.41. The molecular weight excluding hydrogens is 244 g/mol. The Morgan fingerprint density at radius 2 is 1.95 bits per heavy atom. The van der Waals surface area contributed by atoms with Crippen molar-refractivity contribution >= 4 is 22.6 Å². The van der Waals surface area contributed by atoms with Crippen LogP contribution in [-0.2, 0) is 4.79 Å². The van der Waals surface area contributed by atoms with Gasteiger partial charge in [0.15, 0.2) is 0 Å². The summed E-state index contributed by atoms with van der Waals surface area (Å²) in [6, 6.07) is 5.27. The molecule has 0 aliphatic rings. The Labute approximate surface area is 110 Å². The van der Waals surface area contributed by atoms with Gasteiger partial charge in [-0.05, 0) is 37.6 Å². The van der Waals surface area contributed by atoms with Crippen LogP contribution in [0.25, 0.3) is 11.0 Å². The summed E-state index contributed by atoms with van der Waals surface area (Å²) in [5.74, 6) is -0.0192. The molecule has 102 valence electrons. The van der Waals surface area contributed by atoms with Gasteiger partial charge in [-0.3, -0.25) is 4.79 Å². The fourth-order valence-electron chi connectivity index (χ4n) is 1.94.